The van der Waals surface area contributed by atoms with Crippen LogP contribution in [0, 0.1) is 0 Å². The van der Waals surface area contributed by atoms with Crippen LogP contribution in [0.2, 0.25) is 0 Å². The molecule has 0 spiro atoms. The summed E-state index contributed by atoms with van der Waals surface area (Å²) < 4.78 is 5.25. The van der Waals surface area contributed by atoms with E-state index >= 15 is 0 Å². The largest absolute Gasteiger partial charge is 0.497 e. The van der Waals surface area contributed by atoms with Crippen molar-refractivity contribution in [3.63, 3.8) is 0 Å². The Morgan fingerprint density at radius 3 is 2.36 bits per heavy atom. The van der Waals surface area contributed by atoms with Gasteiger partial charge in [0.1, 0.15) is 5.75 Å². The summed E-state index contributed by atoms with van der Waals surface area (Å²) in [6, 6.07) is 11.8. The molecule has 4 aromatic rings. The summed E-state index contributed by atoms with van der Waals surface area (Å²) in [5.41, 5.74) is 0.867. The molecule has 0 unspecified atom stereocenters. The molecule has 0 atom stereocenters. The van der Waals surface area contributed by atoms with E-state index < -0.39 is 0 Å². The van der Waals surface area contributed by atoms with Gasteiger partial charge in [-0.05, 0) is 42.8 Å². The van der Waals surface area contributed by atoms with Gasteiger partial charge in [0, 0.05) is 42.9 Å². The van der Waals surface area contributed by atoms with E-state index in [1.807, 2.05) is 36.5 Å². The summed E-state index contributed by atoms with van der Waals surface area (Å²) >= 11 is 3.27. The molecule has 0 amide bonds. The third kappa shape index (κ3) is 5.21. The van der Waals surface area contributed by atoms with Crippen LogP contribution in [0.3, 0.4) is 0 Å². The zero-order valence-corrected chi connectivity index (χ0v) is 20.0. The van der Waals surface area contributed by atoms with E-state index in [-0.39, 0.29) is 0 Å². The van der Waals surface area contributed by atoms with Crippen molar-refractivity contribution in [2.75, 3.05) is 55.9 Å². The van der Waals surface area contributed by atoms with Crippen molar-refractivity contribution < 1.29 is 4.74 Å². The quantitative estimate of drug-likeness (QED) is 0.402. The van der Waals surface area contributed by atoms with Gasteiger partial charge in [-0.25, -0.2) is 4.98 Å². The minimum Gasteiger partial charge on any atom is -0.497 e. The number of benzene rings is 1. The van der Waals surface area contributed by atoms with Gasteiger partial charge in [0.2, 0.25) is 17.8 Å². The zero-order chi connectivity index (χ0) is 22.6. The van der Waals surface area contributed by atoms with Crippen LogP contribution in [0.5, 0.6) is 5.75 Å². The molecule has 11 heteroatoms. The Bertz CT molecular complexity index is 1190. The molecule has 5 rings (SSSR count). The number of ether oxygens (including phenoxy) is 1. The number of anilines is 5. The van der Waals surface area contributed by atoms with Crippen molar-refractivity contribution in [3.8, 4) is 15.5 Å². The van der Waals surface area contributed by atoms with E-state index in [1.54, 1.807) is 29.8 Å². The maximum Gasteiger partial charge on any atom is 0.235 e. The van der Waals surface area contributed by atoms with Gasteiger partial charge >= 0.3 is 0 Å². The van der Waals surface area contributed by atoms with Gasteiger partial charge in [-0.1, -0.05) is 17.4 Å². The summed E-state index contributed by atoms with van der Waals surface area (Å²) in [6.07, 6.45) is 1.87. The van der Waals surface area contributed by atoms with Gasteiger partial charge in [-0.15, -0.1) is 11.3 Å². The molecule has 4 heterocycles. The van der Waals surface area contributed by atoms with E-state index in [4.69, 9.17) is 14.7 Å². The smallest absolute Gasteiger partial charge is 0.235 e. The van der Waals surface area contributed by atoms with Crippen molar-refractivity contribution in [2.45, 2.75) is 0 Å². The molecule has 1 aliphatic rings. The standard InChI is InChI=1S/C22H24N8OS2/c1-29-9-11-30(12-10-29)21-26-19(24-15-5-7-16(31-2)8-6-15)25-20(27-21)28-22-23-14-18(33-22)17-4-3-13-32-17/h3-8,13-14H,9-12H2,1-2H3,(H2,23,24,25,26,27,28). The number of piperazine rings is 1. The van der Waals surface area contributed by atoms with E-state index in [1.165, 1.54) is 4.88 Å². The van der Waals surface area contributed by atoms with E-state index in [0.29, 0.717) is 17.8 Å². The van der Waals surface area contributed by atoms with Crippen molar-refractivity contribution in [2.24, 2.45) is 0 Å². The third-order valence-electron chi connectivity index (χ3n) is 5.24. The minimum atomic E-state index is 0.460. The summed E-state index contributed by atoms with van der Waals surface area (Å²) in [5, 5.41) is 9.36. The number of methoxy groups -OCH3 is 1. The van der Waals surface area contributed by atoms with E-state index in [9.17, 15) is 0 Å². The van der Waals surface area contributed by atoms with Crippen molar-refractivity contribution in [1.82, 2.24) is 24.8 Å². The van der Waals surface area contributed by atoms with Crippen molar-refractivity contribution >= 4 is 51.3 Å². The highest BCUT2D eigenvalue weighted by Gasteiger charge is 2.19. The molecule has 1 aliphatic heterocycles. The highest BCUT2D eigenvalue weighted by atomic mass is 32.1. The maximum atomic E-state index is 5.25. The fraction of sp³-hybridized carbons (Fsp3) is 0.273. The zero-order valence-electron chi connectivity index (χ0n) is 18.4. The average molecular weight is 481 g/mol. The molecular formula is C22H24N8OS2. The number of rotatable bonds is 7. The number of aromatic nitrogens is 4. The average Bonchev–Trinajstić information content (AvgIpc) is 3.52. The maximum absolute atomic E-state index is 5.25. The van der Waals surface area contributed by atoms with Crippen LogP contribution in [-0.4, -0.2) is 65.2 Å². The number of thiophene rings is 1. The first-order valence-corrected chi connectivity index (χ1v) is 12.2. The fourth-order valence-corrected chi connectivity index (χ4v) is 5.02. The highest BCUT2D eigenvalue weighted by molar-refractivity contribution is 7.23. The molecular weight excluding hydrogens is 456 g/mol. The molecule has 0 aliphatic carbocycles. The molecule has 1 fully saturated rings. The molecule has 1 saturated heterocycles. The summed E-state index contributed by atoms with van der Waals surface area (Å²) in [5.74, 6) is 2.37. The molecule has 0 radical (unpaired) electrons. The Morgan fingerprint density at radius 2 is 1.67 bits per heavy atom. The number of likely N-dealkylation sites (N-methyl/N-ethyl adjacent to an activating group) is 1. The fourth-order valence-electron chi connectivity index (χ4n) is 3.39. The van der Waals surface area contributed by atoms with E-state index in [0.717, 1.165) is 47.6 Å². The number of hydrogen-bond acceptors (Lipinski definition) is 11. The van der Waals surface area contributed by atoms with Crippen LogP contribution in [0.25, 0.3) is 9.75 Å². The first-order valence-electron chi connectivity index (χ1n) is 10.5. The Balaban J connectivity index is 1.41. The lowest BCUT2D eigenvalue weighted by molar-refractivity contribution is 0.311. The number of nitrogens with zero attached hydrogens (tertiary/aromatic N) is 6. The second-order valence-electron chi connectivity index (χ2n) is 7.56. The lowest BCUT2D eigenvalue weighted by atomic mass is 10.3. The van der Waals surface area contributed by atoms with Crippen LogP contribution < -0.4 is 20.3 Å². The number of hydrogen-bond donors (Lipinski definition) is 2. The Hall–Kier alpha value is -3.28. The Kier molecular flexibility index (Phi) is 6.33. The van der Waals surface area contributed by atoms with Crippen LogP contribution in [0.1, 0.15) is 0 Å². The lowest BCUT2D eigenvalue weighted by Gasteiger charge is -2.32. The second-order valence-corrected chi connectivity index (χ2v) is 9.54. The third-order valence-corrected chi connectivity index (χ3v) is 7.22. The van der Waals surface area contributed by atoms with E-state index in [2.05, 4.69) is 48.9 Å². The van der Waals surface area contributed by atoms with Gasteiger partial charge in [0.15, 0.2) is 5.13 Å². The molecule has 3 aromatic heterocycles. The van der Waals surface area contributed by atoms with Gasteiger partial charge in [0.25, 0.3) is 0 Å². The minimum absolute atomic E-state index is 0.460. The van der Waals surface area contributed by atoms with Crippen LogP contribution in [0.15, 0.2) is 48.0 Å². The van der Waals surface area contributed by atoms with Crippen molar-refractivity contribution in [1.29, 1.82) is 0 Å². The Labute approximate surface area is 200 Å². The predicted molar refractivity (Wildman–Crippen MR) is 135 cm³/mol. The van der Waals surface area contributed by atoms with Gasteiger partial charge in [-0.3, -0.25) is 5.32 Å². The highest BCUT2D eigenvalue weighted by Crippen LogP contribution is 2.33. The normalized spacial score (nSPS) is 14.3. The van der Waals surface area contributed by atoms with Crippen LogP contribution in [-0.2, 0) is 0 Å². The summed E-state index contributed by atoms with van der Waals surface area (Å²) in [6.45, 7) is 3.65. The van der Waals surface area contributed by atoms with Crippen LogP contribution >= 0.6 is 22.7 Å². The van der Waals surface area contributed by atoms with Gasteiger partial charge < -0.3 is 19.9 Å². The molecule has 170 valence electrons. The monoisotopic (exact) mass is 480 g/mol. The number of nitrogens with one attached hydrogen (secondary N) is 2. The molecule has 0 bridgehead atoms. The predicted octanol–water partition coefficient (Wildman–Crippen LogP) is 4.30. The molecule has 33 heavy (non-hydrogen) atoms. The topological polar surface area (TPSA) is 91.3 Å². The van der Waals surface area contributed by atoms with Crippen LogP contribution in [0.4, 0.5) is 28.7 Å². The summed E-state index contributed by atoms with van der Waals surface area (Å²) in [4.78, 5) is 25.3. The SMILES string of the molecule is COc1ccc(Nc2nc(Nc3ncc(-c4cccs4)s3)nc(N3CCN(C)CC3)n2)cc1. The first kappa shape index (κ1) is 21.6. The Morgan fingerprint density at radius 1 is 0.909 bits per heavy atom. The molecule has 1 aromatic carbocycles. The number of thiazole rings is 1. The second kappa shape index (κ2) is 9.69. The molecule has 0 saturated carbocycles. The summed E-state index contributed by atoms with van der Waals surface area (Å²) in [7, 11) is 3.78. The lowest BCUT2D eigenvalue weighted by Crippen LogP contribution is -2.45. The van der Waals surface area contributed by atoms with Crippen molar-refractivity contribution in [3.05, 3.63) is 48.0 Å². The molecule has 2 N–H and O–H groups in total. The molecule has 9 nitrogen and oxygen atoms in total. The van der Waals surface area contributed by atoms with Gasteiger partial charge in [-0.2, -0.15) is 15.0 Å². The van der Waals surface area contributed by atoms with Gasteiger partial charge in [0.05, 0.1) is 12.0 Å². The first-order chi connectivity index (χ1) is 16.2.